The van der Waals surface area contributed by atoms with Crippen molar-refractivity contribution in [2.75, 3.05) is 33.2 Å². The number of carbonyl (C=O) groups is 1. The van der Waals surface area contributed by atoms with E-state index < -0.39 is 0 Å². The maximum Gasteiger partial charge on any atom is 0.233 e. The summed E-state index contributed by atoms with van der Waals surface area (Å²) in [6, 6.07) is 0.765. The van der Waals surface area contributed by atoms with Crippen LogP contribution in [0.25, 0.3) is 0 Å². The van der Waals surface area contributed by atoms with Crippen LogP contribution in [0.3, 0.4) is 0 Å². The van der Waals surface area contributed by atoms with Crippen molar-refractivity contribution in [3.8, 4) is 0 Å². The van der Waals surface area contributed by atoms with Crippen molar-refractivity contribution in [2.45, 2.75) is 52.0 Å². The minimum Gasteiger partial charge on any atom is -0.355 e. The minimum absolute atomic E-state index is 0.115. The number of likely N-dealkylation sites (N-methyl/N-ethyl adjacent to an activating group) is 1. The Morgan fingerprint density at radius 2 is 1.95 bits per heavy atom. The molecule has 0 saturated heterocycles. The van der Waals surface area contributed by atoms with E-state index >= 15 is 0 Å². The molecule has 1 amide bonds. The number of rotatable bonds is 9. The van der Waals surface area contributed by atoms with Crippen molar-refractivity contribution < 1.29 is 4.79 Å². The molecular weight excluding hydrogens is 238 g/mol. The van der Waals surface area contributed by atoms with E-state index in [2.05, 4.69) is 36.4 Å². The fraction of sp³-hybridized carbons (Fsp3) is 0.933. The lowest BCUT2D eigenvalue weighted by Gasteiger charge is -2.23. The van der Waals surface area contributed by atoms with Gasteiger partial charge in [0, 0.05) is 25.7 Å². The topological polar surface area (TPSA) is 44.4 Å². The summed E-state index contributed by atoms with van der Waals surface area (Å²) in [4.78, 5) is 14.0. The predicted octanol–water partition coefficient (Wildman–Crippen LogP) is 1.61. The largest absolute Gasteiger partial charge is 0.355 e. The summed E-state index contributed by atoms with van der Waals surface area (Å²) in [7, 11) is 2.19. The molecule has 0 atom stereocenters. The summed E-state index contributed by atoms with van der Waals surface area (Å²) in [5, 5.41) is 6.17. The molecule has 2 N–H and O–H groups in total. The number of nitrogens with one attached hydrogen (secondary N) is 2. The molecule has 0 heterocycles. The Balaban J connectivity index is 1.96. The highest BCUT2D eigenvalue weighted by Gasteiger charge is 2.18. The number of hydrogen-bond acceptors (Lipinski definition) is 3. The van der Waals surface area contributed by atoms with Gasteiger partial charge in [0.2, 0.25) is 5.91 Å². The van der Waals surface area contributed by atoms with Crippen LogP contribution in [0.1, 0.15) is 46.0 Å². The second-order valence-corrected chi connectivity index (χ2v) is 6.13. The molecule has 4 nitrogen and oxygen atoms in total. The molecule has 0 aromatic heterocycles. The van der Waals surface area contributed by atoms with Gasteiger partial charge in [0.05, 0.1) is 6.54 Å². The molecule has 1 rings (SSSR count). The highest BCUT2D eigenvalue weighted by atomic mass is 16.1. The normalized spacial score (nSPS) is 16.5. The summed E-state index contributed by atoms with van der Waals surface area (Å²) >= 11 is 0. The lowest BCUT2D eigenvalue weighted by molar-refractivity contribution is -0.120. The van der Waals surface area contributed by atoms with Crippen LogP contribution in [-0.2, 0) is 4.79 Å². The Labute approximate surface area is 118 Å². The number of carbonyl (C=O) groups excluding carboxylic acids is 1. The summed E-state index contributed by atoms with van der Waals surface area (Å²) in [5.41, 5.74) is 0. The summed E-state index contributed by atoms with van der Waals surface area (Å²) in [6.07, 6.45) is 6.48. The third-order valence-electron chi connectivity index (χ3n) is 3.92. The fourth-order valence-electron chi connectivity index (χ4n) is 2.55. The molecule has 1 fully saturated rings. The minimum atomic E-state index is 0.115. The molecule has 1 saturated carbocycles. The van der Waals surface area contributed by atoms with Crippen LogP contribution >= 0.6 is 0 Å². The molecule has 0 unspecified atom stereocenters. The first-order valence-electron chi connectivity index (χ1n) is 7.77. The Hall–Kier alpha value is -0.610. The second kappa shape index (κ2) is 9.32. The molecule has 0 radical (unpaired) electrons. The average Bonchev–Trinajstić information content (AvgIpc) is 2.87. The monoisotopic (exact) mass is 269 g/mol. The third-order valence-corrected chi connectivity index (χ3v) is 3.92. The molecule has 1 aliphatic carbocycles. The van der Waals surface area contributed by atoms with E-state index in [4.69, 9.17) is 0 Å². The van der Waals surface area contributed by atoms with Gasteiger partial charge in [0.25, 0.3) is 0 Å². The SMILES string of the molecule is CC(C)CCNC(=O)CNCCN(C)C1CCCC1. The van der Waals surface area contributed by atoms with Crippen LogP contribution in [0, 0.1) is 5.92 Å². The van der Waals surface area contributed by atoms with E-state index in [0.717, 1.165) is 32.1 Å². The molecular formula is C15H31N3O. The van der Waals surface area contributed by atoms with E-state index in [-0.39, 0.29) is 5.91 Å². The van der Waals surface area contributed by atoms with Gasteiger partial charge in [-0.25, -0.2) is 0 Å². The van der Waals surface area contributed by atoms with Gasteiger partial charge in [-0.2, -0.15) is 0 Å². The zero-order valence-corrected chi connectivity index (χ0v) is 12.9. The average molecular weight is 269 g/mol. The smallest absolute Gasteiger partial charge is 0.233 e. The highest BCUT2D eigenvalue weighted by Crippen LogP contribution is 2.21. The molecule has 19 heavy (non-hydrogen) atoms. The van der Waals surface area contributed by atoms with Gasteiger partial charge >= 0.3 is 0 Å². The summed E-state index contributed by atoms with van der Waals surface area (Å²) in [5.74, 6) is 0.762. The van der Waals surface area contributed by atoms with Crippen molar-refractivity contribution >= 4 is 5.91 Å². The third kappa shape index (κ3) is 7.53. The number of hydrogen-bond donors (Lipinski definition) is 2. The Morgan fingerprint density at radius 3 is 2.58 bits per heavy atom. The van der Waals surface area contributed by atoms with Crippen LogP contribution in [0.4, 0.5) is 0 Å². The van der Waals surface area contributed by atoms with E-state index in [9.17, 15) is 4.79 Å². The Morgan fingerprint density at radius 1 is 1.26 bits per heavy atom. The summed E-state index contributed by atoms with van der Waals surface area (Å²) in [6.45, 7) is 7.50. The highest BCUT2D eigenvalue weighted by molar-refractivity contribution is 5.77. The Bertz CT molecular complexity index is 250. The maximum atomic E-state index is 11.5. The quantitative estimate of drug-likeness (QED) is 0.625. The van der Waals surface area contributed by atoms with Crippen LogP contribution in [0.2, 0.25) is 0 Å². The zero-order chi connectivity index (χ0) is 14.1. The molecule has 0 aromatic carbocycles. The first kappa shape index (κ1) is 16.4. The van der Waals surface area contributed by atoms with Crippen molar-refractivity contribution in [1.29, 1.82) is 0 Å². The van der Waals surface area contributed by atoms with Gasteiger partial charge in [-0.05, 0) is 32.2 Å². The Kier molecular flexibility index (Phi) is 8.07. The first-order valence-corrected chi connectivity index (χ1v) is 7.77. The van der Waals surface area contributed by atoms with Gasteiger partial charge < -0.3 is 15.5 Å². The molecule has 0 aromatic rings. The maximum absolute atomic E-state index is 11.5. The number of amides is 1. The molecule has 0 aliphatic heterocycles. The van der Waals surface area contributed by atoms with Gasteiger partial charge in [-0.1, -0.05) is 26.7 Å². The van der Waals surface area contributed by atoms with Crippen LogP contribution in [-0.4, -0.2) is 50.1 Å². The molecule has 112 valence electrons. The first-order chi connectivity index (χ1) is 9.09. The molecule has 4 heteroatoms. The summed E-state index contributed by atoms with van der Waals surface area (Å²) < 4.78 is 0. The predicted molar refractivity (Wildman–Crippen MR) is 80.2 cm³/mol. The van der Waals surface area contributed by atoms with E-state index in [1.54, 1.807) is 0 Å². The standard InChI is InChI=1S/C15H31N3O/c1-13(2)8-9-17-15(19)12-16-10-11-18(3)14-6-4-5-7-14/h13-14,16H,4-12H2,1-3H3,(H,17,19). The van der Waals surface area contributed by atoms with E-state index in [1.807, 2.05) is 0 Å². The second-order valence-electron chi connectivity index (χ2n) is 6.13. The van der Waals surface area contributed by atoms with Gasteiger partial charge in [0.1, 0.15) is 0 Å². The van der Waals surface area contributed by atoms with Crippen molar-refractivity contribution in [1.82, 2.24) is 15.5 Å². The lowest BCUT2D eigenvalue weighted by Crippen LogP contribution is -2.39. The molecule has 1 aliphatic rings. The molecule has 0 spiro atoms. The lowest BCUT2D eigenvalue weighted by atomic mass is 10.1. The van der Waals surface area contributed by atoms with Crippen molar-refractivity contribution in [3.05, 3.63) is 0 Å². The fourth-order valence-corrected chi connectivity index (χ4v) is 2.55. The van der Waals surface area contributed by atoms with E-state index in [1.165, 1.54) is 25.7 Å². The van der Waals surface area contributed by atoms with Crippen LogP contribution in [0.15, 0.2) is 0 Å². The van der Waals surface area contributed by atoms with Crippen LogP contribution in [0.5, 0.6) is 0 Å². The van der Waals surface area contributed by atoms with Crippen molar-refractivity contribution in [2.24, 2.45) is 5.92 Å². The van der Waals surface area contributed by atoms with E-state index in [0.29, 0.717) is 12.5 Å². The zero-order valence-electron chi connectivity index (χ0n) is 12.9. The van der Waals surface area contributed by atoms with Gasteiger partial charge in [-0.3, -0.25) is 4.79 Å². The number of nitrogens with zero attached hydrogens (tertiary/aromatic N) is 1. The van der Waals surface area contributed by atoms with Gasteiger partial charge in [0.15, 0.2) is 0 Å². The van der Waals surface area contributed by atoms with Crippen molar-refractivity contribution in [3.63, 3.8) is 0 Å². The molecule has 0 bridgehead atoms. The van der Waals surface area contributed by atoms with Crippen LogP contribution < -0.4 is 10.6 Å². The van der Waals surface area contributed by atoms with Gasteiger partial charge in [-0.15, -0.1) is 0 Å².